The van der Waals surface area contributed by atoms with Crippen molar-refractivity contribution in [3.63, 3.8) is 0 Å². The molecule has 0 amide bonds. The van der Waals surface area contributed by atoms with Gasteiger partial charge in [-0.2, -0.15) is 0 Å². The Labute approximate surface area is 108 Å². The van der Waals surface area contributed by atoms with Gasteiger partial charge in [-0.05, 0) is 35.6 Å². The molecule has 5 nitrogen and oxygen atoms in total. The minimum atomic E-state index is -4.89. The first-order valence-corrected chi connectivity index (χ1v) is 6.59. The number of ether oxygens (including phenoxy) is 1. The van der Waals surface area contributed by atoms with Gasteiger partial charge in [-0.15, -0.1) is 13.2 Å². The van der Waals surface area contributed by atoms with Crippen molar-refractivity contribution in [2.24, 2.45) is 5.14 Å². The summed E-state index contributed by atoms with van der Waals surface area (Å²) in [4.78, 5) is 3.08. The fourth-order valence-electron chi connectivity index (χ4n) is 1.01. The molecule has 2 N–H and O–H groups in total. The molecular weight excluding hydrogens is 376 g/mol. The molecule has 0 aliphatic carbocycles. The van der Waals surface area contributed by atoms with Gasteiger partial charge >= 0.3 is 6.36 Å². The zero-order valence-corrected chi connectivity index (χ0v) is 11.2. The number of nitrogens with zero attached hydrogens (tertiary/aromatic N) is 1. The van der Waals surface area contributed by atoms with E-state index in [1.807, 2.05) is 0 Å². The highest BCUT2D eigenvalue weighted by Crippen LogP contribution is 2.28. The average molecular weight is 382 g/mol. The number of halogens is 4. The molecule has 1 heterocycles. The summed E-state index contributed by atoms with van der Waals surface area (Å²) >= 11 is 1.48. The van der Waals surface area contributed by atoms with Gasteiger partial charge < -0.3 is 4.74 Å². The molecular formula is C7H6F3IN2O3S. The lowest BCUT2D eigenvalue weighted by Gasteiger charge is -2.11. The van der Waals surface area contributed by atoms with Gasteiger partial charge in [0.2, 0.25) is 15.9 Å². The second-order valence-electron chi connectivity index (χ2n) is 2.95. The monoisotopic (exact) mass is 382 g/mol. The summed E-state index contributed by atoms with van der Waals surface area (Å²) in [6, 6.07) is 0.972. The lowest BCUT2D eigenvalue weighted by atomic mass is 10.4. The third kappa shape index (κ3) is 3.96. The van der Waals surface area contributed by atoms with E-state index in [2.05, 4.69) is 9.72 Å². The summed E-state index contributed by atoms with van der Waals surface area (Å²) in [5.41, 5.74) is -0.160. The van der Waals surface area contributed by atoms with Crippen LogP contribution < -0.4 is 9.88 Å². The number of rotatable bonds is 2. The maximum absolute atomic E-state index is 12.0. The Kier molecular flexibility index (Phi) is 3.88. The van der Waals surface area contributed by atoms with Crippen LogP contribution in [-0.4, -0.2) is 19.8 Å². The molecule has 0 saturated carbocycles. The second kappa shape index (κ2) is 4.57. The molecule has 0 spiro atoms. The molecule has 0 fully saturated rings. The largest absolute Gasteiger partial charge is 0.574 e. The number of primary sulfonamides is 1. The van der Waals surface area contributed by atoms with Crippen LogP contribution in [0.4, 0.5) is 13.2 Å². The van der Waals surface area contributed by atoms with Crippen LogP contribution >= 0.6 is 22.6 Å². The van der Waals surface area contributed by atoms with E-state index in [1.54, 1.807) is 0 Å². The van der Waals surface area contributed by atoms with Gasteiger partial charge in [-0.1, -0.05) is 0 Å². The van der Waals surface area contributed by atoms with Crippen molar-refractivity contribution in [1.29, 1.82) is 0 Å². The van der Waals surface area contributed by atoms with E-state index in [0.717, 1.165) is 6.07 Å². The van der Waals surface area contributed by atoms with Crippen molar-refractivity contribution >= 4 is 32.6 Å². The van der Waals surface area contributed by atoms with Gasteiger partial charge in [0, 0.05) is 0 Å². The first-order chi connectivity index (χ1) is 7.50. The van der Waals surface area contributed by atoms with E-state index in [-0.39, 0.29) is 14.2 Å². The van der Waals surface area contributed by atoms with Gasteiger partial charge in [0.1, 0.15) is 4.90 Å². The number of hydrogen-bond donors (Lipinski definition) is 1. The molecule has 1 rings (SSSR count). The smallest absolute Gasteiger partial charge is 0.387 e. The van der Waals surface area contributed by atoms with E-state index in [4.69, 9.17) is 5.14 Å². The number of sulfonamides is 1. The molecule has 17 heavy (non-hydrogen) atoms. The Hall–Kier alpha value is -0.620. The van der Waals surface area contributed by atoms with E-state index < -0.39 is 22.3 Å². The maximum atomic E-state index is 12.0. The van der Waals surface area contributed by atoms with Crippen LogP contribution in [0.15, 0.2) is 11.0 Å². The topological polar surface area (TPSA) is 82.3 Å². The highest BCUT2D eigenvalue weighted by Gasteiger charge is 2.33. The van der Waals surface area contributed by atoms with Gasteiger partial charge in [0.25, 0.3) is 0 Å². The summed E-state index contributed by atoms with van der Waals surface area (Å²) in [6.07, 6.45) is -4.89. The predicted molar refractivity (Wildman–Crippen MR) is 59.7 cm³/mol. The van der Waals surface area contributed by atoms with Crippen molar-refractivity contribution in [2.45, 2.75) is 18.2 Å². The number of aryl methyl sites for hydroxylation is 1. The van der Waals surface area contributed by atoms with E-state index in [1.165, 1.54) is 29.5 Å². The Morgan fingerprint density at radius 3 is 2.41 bits per heavy atom. The molecule has 0 aliphatic heterocycles. The summed E-state index contributed by atoms with van der Waals surface area (Å²) < 4.78 is 61.6. The van der Waals surface area contributed by atoms with Crippen LogP contribution in [0.5, 0.6) is 5.88 Å². The first-order valence-electron chi connectivity index (χ1n) is 3.96. The van der Waals surface area contributed by atoms with Crippen molar-refractivity contribution < 1.29 is 26.3 Å². The fourth-order valence-corrected chi connectivity index (χ4v) is 2.50. The third-order valence-electron chi connectivity index (χ3n) is 1.61. The Morgan fingerprint density at radius 2 is 2.00 bits per heavy atom. The first kappa shape index (κ1) is 14.4. The van der Waals surface area contributed by atoms with Crippen LogP contribution in [0, 0.1) is 10.5 Å². The second-order valence-corrected chi connectivity index (χ2v) is 5.64. The van der Waals surface area contributed by atoms with E-state index >= 15 is 0 Å². The molecule has 1 aromatic heterocycles. The predicted octanol–water partition coefficient (Wildman–Crippen LogP) is 1.54. The quantitative estimate of drug-likeness (QED) is 0.787. The highest BCUT2D eigenvalue weighted by atomic mass is 127. The van der Waals surface area contributed by atoms with E-state index in [9.17, 15) is 21.6 Å². The van der Waals surface area contributed by atoms with Gasteiger partial charge in [-0.3, -0.25) is 0 Å². The van der Waals surface area contributed by atoms with Gasteiger partial charge in [0.15, 0.2) is 0 Å². The van der Waals surface area contributed by atoms with Gasteiger partial charge in [0.05, 0.1) is 9.26 Å². The zero-order chi connectivity index (χ0) is 13.4. The molecule has 0 unspecified atom stereocenters. The molecule has 1 aromatic rings. The molecule has 0 bridgehead atoms. The van der Waals surface area contributed by atoms with Crippen molar-refractivity contribution in [3.05, 3.63) is 15.3 Å². The van der Waals surface area contributed by atoms with Crippen molar-refractivity contribution in [1.82, 2.24) is 4.98 Å². The molecule has 0 aromatic carbocycles. The van der Waals surface area contributed by atoms with Crippen LogP contribution in [-0.2, 0) is 10.0 Å². The maximum Gasteiger partial charge on any atom is 0.574 e. The molecule has 0 aliphatic rings. The Morgan fingerprint density at radius 1 is 1.47 bits per heavy atom. The molecule has 10 heteroatoms. The molecule has 0 atom stereocenters. The van der Waals surface area contributed by atoms with Crippen molar-refractivity contribution in [3.8, 4) is 5.88 Å². The van der Waals surface area contributed by atoms with Crippen LogP contribution in [0.2, 0.25) is 0 Å². The number of alkyl halides is 3. The highest BCUT2D eigenvalue weighted by molar-refractivity contribution is 14.1. The summed E-state index contributed by atoms with van der Waals surface area (Å²) in [7, 11) is -4.02. The summed E-state index contributed by atoms with van der Waals surface area (Å²) in [6.45, 7) is 1.22. The van der Waals surface area contributed by atoms with Crippen LogP contribution in [0.3, 0.4) is 0 Å². The minimum absolute atomic E-state index is 0.102. The van der Waals surface area contributed by atoms with Gasteiger partial charge in [-0.25, -0.2) is 18.5 Å². The normalized spacial score (nSPS) is 12.6. The SMILES string of the molecule is Cc1nc(OC(F)(F)F)c(I)cc1S(N)(=O)=O. The van der Waals surface area contributed by atoms with Crippen LogP contribution in [0.25, 0.3) is 0 Å². The third-order valence-corrected chi connectivity index (χ3v) is 3.41. The average Bonchev–Trinajstić information content (AvgIpc) is 2.06. The number of aromatic nitrogens is 1. The summed E-state index contributed by atoms with van der Waals surface area (Å²) in [5.74, 6) is -0.706. The fraction of sp³-hybridized carbons (Fsp3) is 0.286. The molecule has 96 valence electrons. The van der Waals surface area contributed by atoms with E-state index in [0.29, 0.717) is 0 Å². The Balaban J connectivity index is 3.29. The van der Waals surface area contributed by atoms with Crippen molar-refractivity contribution in [2.75, 3.05) is 0 Å². The lowest BCUT2D eigenvalue weighted by Crippen LogP contribution is -2.20. The standard InChI is InChI=1S/C7H6F3IN2O3S/c1-3-5(17(12,14)15)2-4(11)6(13-3)16-7(8,9)10/h2H,1H3,(H2,12,14,15). The minimum Gasteiger partial charge on any atom is -0.387 e. The summed E-state index contributed by atoms with van der Waals surface area (Å²) in [5, 5.41) is 4.87. The molecule has 0 saturated heterocycles. The lowest BCUT2D eigenvalue weighted by molar-refractivity contribution is -0.276. The molecule has 0 radical (unpaired) electrons. The number of nitrogens with two attached hydrogens (primary N) is 1. The number of pyridine rings is 1. The zero-order valence-electron chi connectivity index (χ0n) is 8.25. The Bertz CT molecular complexity index is 544. The van der Waals surface area contributed by atoms with Crippen LogP contribution in [0.1, 0.15) is 5.69 Å². The number of hydrogen-bond acceptors (Lipinski definition) is 4.